The Hall–Kier alpha value is -3.00. The summed E-state index contributed by atoms with van der Waals surface area (Å²) >= 11 is 0. The van der Waals surface area contributed by atoms with Crippen molar-refractivity contribution in [1.82, 2.24) is 0 Å². The van der Waals surface area contributed by atoms with E-state index >= 15 is 0 Å². The number of aromatic nitrogens is 1. The van der Waals surface area contributed by atoms with Crippen LogP contribution in [0.2, 0.25) is 0 Å². The quantitative estimate of drug-likeness (QED) is 0.509. The number of carbonyl (C=O) groups excluding carboxylic acids is 1. The summed E-state index contributed by atoms with van der Waals surface area (Å²) in [6, 6.07) is 18.7. The predicted molar refractivity (Wildman–Crippen MR) is 104 cm³/mol. The van der Waals surface area contributed by atoms with Crippen LogP contribution in [0.3, 0.4) is 0 Å². The molecule has 26 heavy (non-hydrogen) atoms. The molecule has 128 valence electrons. The average molecular weight is 340 g/mol. The lowest BCUT2D eigenvalue weighted by Gasteiger charge is -2.02. The standard InChI is InChI=1S/C24H22NO/c1-17-12-21-15-22(24(26)23(21)13-18(17)2)14-19-8-10-25(11-9-19)16-20-6-4-3-5-7-20/h3-14H,15-16H2,1-2H3/q+1/b22-14+. The van der Waals surface area contributed by atoms with Gasteiger partial charge in [-0.15, -0.1) is 0 Å². The minimum atomic E-state index is 0.170. The van der Waals surface area contributed by atoms with Crippen molar-refractivity contribution < 1.29 is 9.36 Å². The number of rotatable bonds is 3. The Bertz CT molecular complexity index is 998. The van der Waals surface area contributed by atoms with Crippen LogP contribution in [-0.4, -0.2) is 5.78 Å². The predicted octanol–water partition coefficient (Wildman–Crippen LogP) is 4.46. The first-order chi connectivity index (χ1) is 12.6. The Labute approximate surface area is 154 Å². The number of carbonyl (C=O) groups is 1. The summed E-state index contributed by atoms with van der Waals surface area (Å²) in [6.07, 6.45) is 6.90. The van der Waals surface area contributed by atoms with Crippen LogP contribution < -0.4 is 4.57 Å². The zero-order valence-corrected chi connectivity index (χ0v) is 15.2. The van der Waals surface area contributed by atoms with Gasteiger partial charge >= 0.3 is 0 Å². The number of allylic oxidation sites excluding steroid dienone is 1. The Morgan fingerprint density at radius 3 is 2.38 bits per heavy atom. The van der Waals surface area contributed by atoms with E-state index in [-0.39, 0.29) is 5.78 Å². The lowest BCUT2D eigenvalue weighted by molar-refractivity contribution is -0.688. The second kappa shape index (κ2) is 6.72. The average Bonchev–Trinajstić information content (AvgIpc) is 2.93. The van der Waals surface area contributed by atoms with Gasteiger partial charge in [-0.05, 0) is 48.2 Å². The largest absolute Gasteiger partial charge is 0.289 e. The molecule has 0 spiro atoms. The summed E-state index contributed by atoms with van der Waals surface area (Å²) < 4.78 is 2.15. The van der Waals surface area contributed by atoms with Crippen LogP contribution in [0.4, 0.5) is 0 Å². The number of pyridine rings is 1. The summed E-state index contributed by atoms with van der Waals surface area (Å²) in [7, 11) is 0. The van der Waals surface area contributed by atoms with Crippen LogP contribution in [0.25, 0.3) is 6.08 Å². The van der Waals surface area contributed by atoms with E-state index in [0.717, 1.165) is 35.2 Å². The molecule has 3 aromatic rings. The van der Waals surface area contributed by atoms with E-state index in [0.29, 0.717) is 0 Å². The number of aryl methyl sites for hydroxylation is 2. The smallest absolute Gasteiger partial charge is 0.189 e. The summed E-state index contributed by atoms with van der Waals surface area (Å²) in [6.45, 7) is 5.01. The van der Waals surface area contributed by atoms with Gasteiger partial charge in [0.1, 0.15) is 0 Å². The third-order valence-corrected chi connectivity index (χ3v) is 5.10. The van der Waals surface area contributed by atoms with Gasteiger partial charge in [-0.2, -0.15) is 0 Å². The fraction of sp³-hybridized carbons (Fsp3) is 0.167. The zero-order chi connectivity index (χ0) is 18.1. The molecule has 2 nitrogen and oxygen atoms in total. The Morgan fingerprint density at radius 2 is 1.65 bits per heavy atom. The number of Topliss-reactive ketones (excluding diaryl/α,β-unsaturated/α-hetero) is 1. The molecule has 0 unspecified atom stereocenters. The molecular weight excluding hydrogens is 318 g/mol. The minimum absolute atomic E-state index is 0.170. The molecule has 0 N–H and O–H groups in total. The first kappa shape index (κ1) is 16.5. The molecule has 2 aromatic carbocycles. The van der Waals surface area contributed by atoms with Gasteiger partial charge < -0.3 is 0 Å². The van der Waals surface area contributed by atoms with Crippen LogP contribution >= 0.6 is 0 Å². The van der Waals surface area contributed by atoms with Gasteiger partial charge in [-0.1, -0.05) is 36.4 Å². The molecule has 2 heteroatoms. The molecule has 0 saturated heterocycles. The molecule has 0 fully saturated rings. The molecule has 4 rings (SSSR count). The summed E-state index contributed by atoms with van der Waals surface area (Å²) in [5.41, 5.74) is 7.67. The second-order valence-electron chi connectivity index (χ2n) is 7.06. The highest BCUT2D eigenvalue weighted by Crippen LogP contribution is 2.29. The van der Waals surface area contributed by atoms with Crippen molar-refractivity contribution in [2.75, 3.05) is 0 Å². The van der Waals surface area contributed by atoms with Crippen LogP contribution in [0.5, 0.6) is 0 Å². The van der Waals surface area contributed by atoms with Gasteiger partial charge in [0.05, 0.1) is 0 Å². The molecule has 1 heterocycles. The van der Waals surface area contributed by atoms with Gasteiger partial charge in [0.25, 0.3) is 0 Å². The lowest BCUT2D eigenvalue weighted by Crippen LogP contribution is -2.33. The van der Waals surface area contributed by atoms with Crippen molar-refractivity contribution in [3.05, 3.63) is 106 Å². The van der Waals surface area contributed by atoms with Crippen LogP contribution in [0, 0.1) is 13.8 Å². The molecule has 0 saturated carbocycles. The first-order valence-corrected chi connectivity index (χ1v) is 8.98. The third kappa shape index (κ3) is 3.23. The van der Waals surface area contributed by atoms with Crippen molar-refractivity contribution in [3.63, 3.8) is 0 Å². The van der Waals surface area contributed by atoms with Crippen LogP contribution in [-0.2, 0) is 13.0 Å². The van der Waals surface area contributed by atoms with Gasteiger partial charge in [-0.3, -0.25) is 4.79 Å². The molecule has 0 radical (unpaired) electrons. The van der Waals surface area contributed by atoms with Crippen molar-refractivity contribution in [2.24, 2.45) is 0 Å². The fourth-order valence-corrected chi connectivity index (χ4v) is 3.47. The van der Waals surface area contributed by atoms with Gasteiger partial charge in [0.15, 0.2) is 24.7 Å². The van der Waals surface area contributed by atoms with Gasteiger partial charge in [0.2, 0.25) is 0 Å². The van der Waals surface area contributed by atoms with E-state index in [1.54, 1.807) is 0 Å². The third-order valence-electron chi connectivity index (χ3n) is 5.10. The van der Waals surface area contributed by atoms with Crippen molar-refractivity contribution >= 4 is 11.9 Å². The number of hydrogen-bond acceptors (Lipinski definition) is 1. The molecular formula is C24H22NO+. The second-order valence-corrected chi connectivity index (χ2v) is 7.06. The van der Waals surface area contributed by atoms with E-state index in [4.69, 9.17) is 0 Å². The van der Waals surface area contributed by atoms with Crippen molar-refractivity contribution in [1.29, 1.82) is 0 Å². The Kier molecular flexibility index (Phi) is 4.26. The number of nitrogens with zero attached hydrogens (tertiary/aromatic N) is 1. The first-order valence-electron chi connectivity index (χ1n) is 8.98. The van der Waals surface area contributed by atoms with Gasteiger partial charge in [0, 0.05) is 35.3 Å². The van der Waals surface area contributed by atoms with E-state index in [1.165, 1.54) is 16.7 Å². The molecule has 1 aromatic heterocycles. The normalized spacial score (nSPS) is 14.7. The molecule has 0 aliphatic heterocycles. The lowest BCUT2D eigenvalue weighted by atomic mass is 10.0. The van der Waals surface area contributed by atoms with E-state index < -0.39 is 0 Å². The van der Waals surface area contributed by atoms with Gasteiger partial charge in [-0.25, -0.2) is 4.57 Å². The SMILES string of the molecule is Cc1cc2c(cc1C)C(=O)/C(=C/c1cc[n+](Cc3ccccc3)cc1)C2. The highest BCUT2D eigenvalue weighted by molar-refractivity contribution is 6.15. The molecule has 0 bridgehead atoms. The Balaban J connectivity index is 1.55. The van der Waals surface area contributed by atoms with Crippen molar-refractivity contribution in [2.45, 2.75) is 26.8 Å². The number of fused-ring (bicyclic) bond motifs is 1. The van der Waals surface area contributed by atoms with Crippen LogP contribution in [0.15, 0.2) is 72.6 Å². The minimum Gasteiger partial charge on any atom is -0.289 e. The van der Waals surface area contributed by atoms with E-state index in [1.807, 2.05) is 18.2 Å². The molecule has 1 aliphatic rings. The highest BCUT2D eigenvalue weighted by Gasteiger charge is 2.25. The topological polar surface area (TPSA) is 20.9 Å². The van der Waals surface area contributed by atoms with Crippen molar-refractivity contribution in [3.8, 4) is 0 Å². The Morgan fingerprint density at radius 1 is 0.962 bits per heavy atom. The maximum Gasteiger partial charge on any atom is 0.189 e. The fourth-order valence-electron chi connectivity index (χ4n) is 3.47. The number of ketones is 1. The van der Waals surface area contributed by atoms with E-state index in [2.05, 4.69) is 73.3 Å². The highest BCUT2D eigenvalue weighted by atomic mass is 16.1. The zero-order valence-electron chi connectivity index (χ0n) is 15.2. The summed E-state index contributed by atoms with van der Waals surface area (Å²) in [5, 5.41) is 0. The number of hydrogen-bond donors (Lipinski definition) is 0. The number of benzene rings is 2. The summed E-state index contributed by atoms with van der Waals surface area (Å²) in [4.78, 5) is 12.7. The monoisotopic (exact) mass is 340 g/mol. The van der Waals surface area contributed by atoms with E-state index in [9.17, 15) is 4.79 Å². The van der Waals surface area contributed by atoms with Crippen LogP contribution in [0.1, 0.15) is 38.2 Å². The molecule has 0 amide bonds. The molecule has 1 aliphatic carbocycles. The maximum atomic E-state index is 12.7. The summed E-state index contributed by atoms with van der Waals surface area (Å²) in [5.74, 6) is 0.170. The molecule has 0 atom stereocenters. The maximum absolute atomic E-state index is 12.7.